The fraction of sp³-hybridized carbons (Fsp3) is 0.583. The third kappa shape index (κ3) is 28.7. The average molecular weight is 811 g/mol. The second-order valence-corrected chi connectivity index (χ2v) is 14.1. The lowest BCUT2D eigenvalue weighted by molar-refractivity contribution is -0.305. The lowest BCUT2D eigenvalue weighted by Crippen LogP contribution is -2.59. The van der Waals surface area contributed by atoms with E-state index in [2.05, 4.69) is 98.9 Å². The van der Waals surface area contributed by atoms with Crippen LogP contribution < -0.4 is 0 Å². The van der Waals surface area contributed by atoms with Crippen molar-refractivity contribution in [1.82, 2.24) is 0 Å². The smallest absolute Gasteiger partial charge is 0.306 e. The summed E-state index contributed by atoms with van der Waals surface area (Å²) in [5.74, 6) is -0.915. The van der Waals surface area contributed by atoms with Gasteiger partial charge in [0.2, 0.25) is 0 Å². The molecule has 1 heterocycles. The van der Waals surface area contributed by atoms with Crippen LogP contribution in [0.1, 0.15) is 123 Å². The summed E-state index contributed by atoms with van der Waals surface area (Å²) in [6.07, 6.45) is 43.9. The monoisotopic (exact) mass is 811 g/mol. The van der Waals surface area contributed by atoms with Crippen LogP contribution in [0.3, 0.4) is 0 Å². The van der Waals surface area contributed by atoms with E-state index in [1.54, 1.807) is 0 Å². The van der Waals surface area contributed by atoms with Crippen molar-refractivity contribution in [2.75, 3.05) is 19.8 Å². The maximum Gasteiger partial charge on any atom is 0.306 e. The van der Waals surface area contributed by atoms with Gasteiger partial charge in [-0.3, -0.25) is 9.59 Å². The molecule has 0 radical (unpaired) electrons. The van der Waals surface area contributed by atoms with E-state index in [-0.39, 0.29) is 26.1 Å². The molecule has 6 atom stereocenters. The fourth-order valence-electron chi connectivity index (χ4n) is 5.61. The molecule has 0 bridgehead atoms. The zero-order valence-corrected chi connectivity index (χ0v) is 35.2. The molecule has 0 spiro atoms. The van der Waals surface area contributed by atoms with Crippen LogP contribution in [0.4, 0.5) is 0 Å². The molecule has 10 heteroatoms. The third-order valence-electron chi connectivity index (χ3n) is 8.96. The summed E-state index contributed by atoms with van der Waals surface area (Å²) >= 11 is 0. The Hall–Kier alpha value is -3.64. The van der Waals surface area contributed by atoms with Gasteiger partial charge in [0.15, 0.2) is 12.4 Å². The molecule has 0 amide bonds. The summed E-state index contributed by atoms with van der Waals surface area (Å²) in [5.41, 5.74) is 0. The predicted molar refractivity (Wildman–Crippen MR) is 233 cm³/mol. The van der Waals surface area contributed by atoms with Crippen LogP contribution >= 0.6 is 0 Å². The van der Waals surface area contributed by atoms with Gasteiger partial charge in [-0.1, -0.05) is 142 Å². The zero-order valence-electron chi connectivity index (χ0n) is 35.2. The van der Waals surface area contributed by atoms with Gasteiger partial charge >= 0.3 is 11.9 Å². The van der Waals surface area contributed by atoms with Crippen LogP contribution in [0.5, 0.6) is 0 Å². The summed E-state index contributed by atoms with van der Waals surface area (Å²) in [6.45, 7) is 3.06. The Labute approximate surface area is 349 Å². The lowest BCUT2D eigenvalue weighted by atomic mass is 9.99. The first-order chi connectivity index (χ1) is 28.3. The molecule has 1 rings (SSSR count). The fourth-order valence-corrected chi connectivity index (χ4v) is 5.61. The SMILES string of the molecule is CC/C=C/C=C/C=C/CCCCCCCC(=O)OC(COC(=O)CCC/C=C/C/C=C/C/C=C/C/C=C/C/C=C/C/C=C/CC)CO[C@H]1O[C@@H](CO)[C@@H](O)C(O)C1O. The number of carbonyl (C=O) groups is 2. The minimum atomic E-state index is -1.61. The van der Waals surface area contributed by atoms with Crippen molar-refractivity contribution < 1.29 is 49.0 Å². The molecule has 58 heavy (non-hydrogen) atoms. The molecule has 326 valence electrons. The number of aliphatic hydroxyl groups is 4. The maximum absolute atomic E-state index is 12.7. The van der Waals surface area contributed by atoms with Gasteiger partial charge in [-0.25, -0.2) is 0 Å². The van der Waals surface area contributed by atoms with Gasteiger partial charge in [-0.15, -0.1) is 0 Å². The van der Waals surface area contributed by atoms with Crippen LogP contribution in [-0.4, -0.2) is 89.0 Å². The Bertz CT molecular complexity index is 1310. The number of carbonyl (C=O) groups excluding carboxylic acids is 2. The predicted octanol–water partition coefficient (Wildman–Crippen LogP) is 8.94. The first-order valence-electron chi connectivity index (χ1n) is 21.5. The van der Waals surface area contributed by atoms with Crippen LogP contribution in [-0.2, 0) is 28.5 Å². The number of esters is 2. The van der Waals surface area contributed by atoms with Crippen molar-refractivity contribution in [2.24, 2.45) is 0 Å². The molecular weight excluding hydrogens is 737 g/mol. The van der Waals surface area contributed by atoms with E-state index in [0.717, 1.165) is 77.0 Å². The van der Waals surface area contributed by atoms with Gasteiger partial charge in [-0.2, -0.15) is 0 Å². The van der Waals surface area contributed by atoms with Crippen LogP contribution in [0, 0.1) is 0 Å². The first kappa shape index (κ1) is 52.4. The average Bonchev–Trinajstić information content (AvgIpc) is 3.22. The maximum atomic E-state index is 12.7. The van der Waals surface area contributed by atoms with E-state index < -0.39 is 55.4 Å². The molecule has 0 aromatic heterocycles. The Morgan fingerprint density at radius 2 is 1.07 bits per heavy atom. The second kappa shape index (κ2) is 37.6. The highest BCUT2D eigenvalue weighted by Crippen LogP contribution is 2.22. The third-order valence-corrected chi connectivity index (χ3v) is 8.96. The molecule has 3 unspecified atom stereocenters. The molecule has 0 aliphatic carbocycles. The van der Waals surface area contributed by atoms with Crippen molar-refractivity contribution >= 4 is 11.9 Å². The van der Waals surface area contributed by atoms with Gasteiger partial charge in [0, 0.05) is 12.8 Å². The number of hydrogen-bond donors (Lipinski definition) is 4. The van der Waals surface area contributed by atoms with Gasteiger partial charge in [0.1, 0.15) is 31.0 Å². The molecule has 0 saturated carbocycles. The number of aliphatic hydroxyl groups excluding tert-OH is 4. The first-order valence-corrected chi connectivity index (χ1v) is 21.5. The number of hydrogen-bond acceptors (Lipinski definition) is 10. The summed E-state index contributed by atoms with van der Waals surface area (Å²) in [5, 5.41) is 40.0. The van der Waals surface area contributed by atoms with E-state index >= 15 is 0 Å². The molecule has 0 aromatic rings. The highest BCUT2D eigenvalue weighted by molar-refractivity contribution is 5.70. The van der Waals surface area contributed by atoms with E-state index in [1.807, 2.05) is 24.3 Å². The Balaban J connectivity index is 2.41. The minimum absolute atomic E-state index is 0.184. The lowest BCUT2D eigenvalue weighted by Gasteiger charge is -2.39. The van der Waals surface area contributed by atoms with Crippen molar-refractivity contribution in [2.45, 2.75) is 160 Å². The van der Waals surface area contributed by atoms with E-state index in [9.17, 15) is 30.0 Å². The highest BCUT2D eigenvalue weighted by Gasteiger charge is 2.44. The Morgan fingerprint density at radius 3 is 1.67 bits per heavy atom. The summed E-state index contributed by atoms with van der Waals surface area (Å²) in [4.78, 5) is 25.3. The number of rotatable bonds is 33. The van der Waals surface area contributed by atoms with Gasteiger partial charge in [-0.05, 0) is 77.0 Å². The molecule has 4 N–H and O–H groups in total. The van der Waals surface area contributed by atoms with Crippen molar-refractivity contribution in [3.8, 4) is 0 Å². The number of unbranched alkanes of at least 4 members (excludes halogenated alkanes) is 6. The molecule has 0 aromatic carbocycles. The topological polar surface area (TPSA) is 152 Å². The highest BCUT2D eigenvalue weighted by atomic mass is 16.7. The van der Waals surface area contributed by atoms with E-state index in [0.29, 0.717) is 19.3 Å². The Morgan fingerprint density at radius 1 is 0.552 bits per heavy atom. The zero-order chi connectivity index (χ0) is 42.3. The van der Waals surface area contributed by atoms with Gasteiger partial charge in [0.05, 0.1) is 13.2 Å². The van der Waals surface area contributed by atoms with Gasteiger partial charge < -0.3 is 39.4 Å². The van der Waals surface area contributed by atoms with E-state index in [1.165, 1.54) is 0 Å². The van der Waals surface area contributed by atoms with Crippen LogP contribution in [0.15, 0.2) is 109 Å². The minimum Gasteiger partial charge on any atom is -0.462 e. The van der Waals surface area contributed by atoms with E-state index in [4.69, 9.17) is 18.9 Å². The van der Waals surface area contributed by atoms with Crippen molar-refractivity contribution in [3.63, 3.8) is 0 Å². The molecule has 10 nitrogen and oxygen atoms in total. The summed E-state index contributed by atoms with van der Waals surface area (Å²) in [6, 6.07) is 0. The molecule has 1 saturated heterocycles. The number of allylic oxidation sites excluding steroid dienone is 18. The normalized spacial score (nSPS) is 21.2. The second-order valence-electron chi connectivity index (χ2n) is 14.1. The number of ether oxygens (including phenoxy) is 4. The molecule has 1 aliphatic rings. The largest absolute Gasteiger partial charge is 0.462 e. The molecule has 1 fully saturated rings. The summed E-state index contributed by atoms with van der Waals surface area (Å²) < 4.78 is 22.0. The summed E-state index contributed by atoms with van der Waals surface area (Å²) in [7, 11) is 0. The van der Waals surface area contributed by atoms with Gasteiger partial charge in [0.25, 0.3) is 0 Å². The van der Waals surface area contributed by atoms with Crippen LogP contribution in [0.2, 0.25) is 0 Å². The molecular formula is C48H74O10. The van der Waals surface area contributed by atoms with Crippen LogP contribution in [0.25, 0.3) is 0 Å². The Kier molecular flexibility index (Phi) is 34.0. The molecule has 1 aliphatic heterocycles. The van der Waals surface area contributed by atoms with Crippen molar-refractivity contribution in [1.29, 1.82) is 0 Å². The standard InChI is InChI=1S/C48H74O10/c1-3-5-7-9-11-13-15-17-18-19-20-21-22-23-25-26-28-30-32-34-36-43(50)55-39-41(40-56-48-47(54)46(53)45(52)42(38-49)58-48)57-44(51)37-35-33-31-29-27-24-16-14-12-10-8-6-4-2/h5-8,10-14,16-18,20-21,23,25,28,30,41-42,45-49,52-54H,3-4,9,15,19,22,24,26-27,29,31-40H2,1-2H3/b7-5+,8-6+,12-10+,13-11+,16-14+,18-17+,21-20+,25-23+,30-28+/t41?,42-,45+,46?,47?,48-/m0/s1. The van der Waals surface area contributed by atoms with Crippen molar-refractivity contribution in [3.05, 3.63) is 109 Å². The quantitative estimate of drug-likeness (QED) is 0.0219.